The zero-order valence-electron chi connectivity index (χ0n) is 18.2. The number of rotatable bonds is 9. The van der Waals surface area contributed by atoms with Gasteiger partial charge < -0.3 is 19.5 Å². The van der Waals surface area contributed by atoms with Crippen molar-refractivity contribution >= 4 is 38.9 Å². The van der Waals surface area contributed by atoms with Crippen LogP contribution < -0.4 is 24.2 Å². The molecular weight excluding hydrogens is 468 g/mol. The fourth-order valence-corrected chi connectivity index (χ4v) is 4.13. The molecule has 3 aromatic rings. The van der Waals surface area contributed by atoms with Crippen LogP contribution in [0.25, 0.3) is 0 Å². The van der Waals surface area contributed by atoms with Crippen molar-refractivity contribution in [2.24, 2.45) is 0 Å². The third-order valence-corrected chi connectivity index (χ3v) is 6.25. The summed E-state index contributed by atoms with van der Waals surface area (Å²) in [6.07, 6.45) is 0. The Morgan fingerprint density at radius 3 is 2.18 bits per heavy atom. The third kappa shape index (κ3) is 6.30. The summed E-state index contributed by atoms with van der Waals surface area (Å²) in [5.41, 5.74) is 1.86. The molecule has 0 aromatic heterocycles. The Balaban J connectivity index is 1.61. The molecule has 33 heavy (non-hydrogen) atoms. The molecule has 3 rings (SSSR count). The summed E-state index contributed by atoms with van der Waals surface area (Å²) in [7, 11) is -0.841. The van der Waals surface area contributed by atoms with Crippen molar-refractivity contribution in [3.8, 4) is 17.2 Å². The maximum Gasteiger partial charge on any atom is 0.262 e. The highest BCUT2D eigenvalue weighted by Crippen LogP contribution is 2.35. The van der Waals surface area contributed by atoms with E-state index in [0.717, 1.165) is 5.56 Å². The van der Waals surface area contributed by atoms with E-state index in [1.165, 1.54) is 44.6 Å². The molecule has 0 aliphatic heterocycles. The van der Waals surface area contributed by atoms with Gasteiger partial charge in [-0.25, -0.2) is 8.42 Å². The van der Waals surface area contributed by atoms with Crippen LogP contribution in [0.2, 0.25) is 5.02 Å². The molecule has 0 heterocycles. The van der Waals surface area contributed by atoms with Crippen molar-refractivity contribution in [2.45, 2.75) is 11.8 Å². The van der Waals surface area contributed by atoms with Crippen LogP contribution in [0, 0.1) is 6.92 Å². The smallest absolute Gasteiger partial charge is 0.262 e. The third-order valence-electron chi connectivity index (χ3n) is 4.56. The lowest BCUT2D eigenvalue weighted by atomic mass is 10.2. The van der Waals surface area contributed by atoms with Crippen LogP contribution in [-0.2, 0) is 14.8 Å². The van der Waals surface area contributed by atoms with Crippen molar-refractivity contribution in [2.75, 3.05) is 30.9 Å². The number of halogens is 1. The van der Waals surface area contributed by atoms with E-state index >= 15 is 0 Å². The standard InChI is InChI=1S/C23H23ClN2O6S/c1-15-4-6-16(7-5-15)26-33(28,29)18-10-8-17(9-11-18)32-14-23(27)25-20-13-21(30-2)19(24)12-22(20)31-3/h4-13,26H,14H2,1-3H3,(H,25,27). The Hall–Kier alpha value is -3.43. The minimum Gasteiger partial charge on any atom is -0.495 e. The lowest BCUT2D eigenvalue weighted by molar-refractivity contribution is -0.118. The zero-order valence-corrected chi connectivity index (χ0v) is 19.8. The topological polar surface area (TPSA) is 103 Å². The quantitative estimate of drug-likeness (QED) is 0.458. The van der Waals surface area contributed by atoms with E-state index in [9.17, 15) is 13.2 Å². The zero-order chi connectivity index (χ0) is 24.0. The number of ether oxygens (including phenoxy) is 3. The summed E-state index contributed by atoms with van der Waals surface area (Å²) >= 11 is 6.06. The predicted octanol–water partition coefficient (Wildman–Crippen LogP) is 4.48. The van der Waals surface area contributed by atoms with Gasteiger partial charge >= 0.3 is 0 Å². The number of hydrogen-bond donors (Lipinski definition) is 2. The monoisotopic (exact) mass is 490 g/mol. The second-order valence-electron chi connectivity index (χ2n) is 6.97. The molecule has 0 radical (unpaired) electrons. The largest absolute Gasteiger partial charge is 0.495 e. The van der Waals surface area contributed by atoms with Gasteiger partial charge in [0.1, 0.15) is 17.2 Å². The first-order valence-electron chi connectivity index (χ1n) is 9.75. The summed E-state index contributed by atoms with van der Waals surface area (Å²) in [5, 5.41) is 3.01. The highest BCUT2D eigenvalue weighted by Gasteiger charge is 2.15. The number of anilines is 2. The number of methoxy groups -OCH3 is 2. The van der Waals surface area contributed by atoms with Crippen LogP contribution in [0.15, 0.2) is 65.6 Å². The average Bonchev–Trinajstić information content (AvgIpc) is 2.80. The number of hydrogen-bond acceptors (Lipinski definition) is 6. The molecule has 0 bridgehead atoms. The van der Waals surface area contributed by atoms with E-state index < -0.39 is 15.9 Å². The second kappa shape index (κ2) is 10.5. The van der Waals surface area contributed by atoms with Gasteiger partial charge in [-0.05, 0) is 43.3 Å². The SMILES string of the molecule is COc1cc(NC(=O)COc2ccc(S(=O)(=O)Nc3ccc(C)cc3)cc2)c(OC)cc1Cl. The normalized spacial score (nSPS) is 10.9. The minimum atomic E-state index is -3.75. The fraction of sp³-hybridized carbons (Fsp3) is 0.174. The van der Waals surface area contributed by atoms with E-state index in [2.05, 4.69) is 10.0 Å². The maximum atomic E-state index is 12.6. The molecule has 0 aliphatic carbocycles. The first-order chi connectivity index (χ1) is 15.7. The van der Waals surface area contributed by atoms with Crippen LogP contribution in [0.1, 0.15) is 5.56 Å². The Kier molecular flexibility index (Phi) is 7.67. The van der Waals surface area contributed by atoms with E-state index in [1.807, 2.05) is 19.1 Å². The molecule has 0 saturated carbocycles. The van der Waals surface area contributed by atoms with Gasteiger partial charge in [0, 0.05) is 17.8 Å². The van der Waals surface area contributed by atoms with Crippen molar-refractivity contribution < 1.29 is 27.4 Å². The van der Waals surface area contributed by atoms with Crippen molar-refractivity contribution in [3.63, 3.8) is 0 Å². The van der Waals surface area contributed by atoms with E-state index in [-0.39, 0.29) is 11.5 Å². The van der Waals surface area contributed by atoms with Gasteiger partial charge in [0.05, 0.1) is 29.8 Å². The average molecular weight is 491 g/mol. The number of sulfonamides is 1. The molecule has 2 N–H and O–H groups in total. The fourth-order valence-electron chi connectivity index (χ4n) is 2.84. The molecule has 174 valence electrons. The van der Waals surface area contributed by atoms with E-state index in [4.69, 9.17) is 25.8 Å². The Morgan fingerprint density at radius 1 is 0.939 bits per heavy atom. The van der Waals surface area contributed by atoms with Gasteiger partial charge in [0.25, 0.3) is 15.9 Å². The van der Waals surface area contributed by atoms with Crippen LogP contribution in [0.5, 0.6) is 17.2 Å². The highest BCUT2D eigenvalue weighted by atomic mass is 35.5. The van der Waals surface area contributed by atoms with Gasteiger partial charge in [-0.1, -0.05) is 29.3 Å². The molecule has 10 heteroatoms. The highest BCUT2D eigenvalue weighted by molar-refractivity contribution is 7.92. The molecule has 0 spiro atoms. The summed E-state index contributed by atoms with van der Waals surface area (Å²) in [5.74, 6) is 0.630. The number of benzene rings is 3. The Bertz CT molecular complexity index is 1230. The van der Waals surface area contributed by atoms with Gasteiger partial charge in [-0.15, -0.1) is 0 Å². The summed E-state index contributed by atoms with van der Waals surface area (Å²) in [6.45, 7) is 1.61. The van der Waals surface area contributed by atoms with Gasteiger partial charge in [0.15, 0.2) is 6.61 Å². The number of nitrogens with one attached hydrogen (secondary N) is 2. The molecule has 0 aliphatic rings. The second-order valence-corrected chi connectivity index (χ2v) is 9.06. The van der Waals surface area contributed by atoms with E-state index in [0.29, 0.717) is 33.6 Å². The lowest BCUT2D eigenvalue weighted by Crippen LogP contribution is -2.20. The molecule has 1 amide bonds. The van der Waals surface area contributed by atoms with Crippen LogP contribution in [0.3, 0.4) is 0 Å². The van der Waals surface area contributed by atoms with Crippen molar-refractivity contribution in [1.82, 2.24) is 0 Å². The van der Waals surface area contributed by atoms with Gasteiger partial charge in [-0.2, -0.15) is 0 Å². The maximum absolute atomic E-state index is 12.6. The number of carbonyl (C=O) groups excluding carboxylic acids is 1. The van der Waals surface area contributed by atoms with Crippen molar-refractivity contribution in [1.29, 1.82) is 0 Å². The van der Waals surface area contributed by atoms with E-state index in [1.54, 1.807) is 18.2 Å². The number of amides is 1. The van der Waals surface area contributed by atoms with Crippen molar-refractivity contribution in [3.05, 3.63) is 71.2 Å². The Morgan fingerprint density at radius 2 is 1.58 bits per heavy atom. The first kappa shape index (κ1) is 24.2. The van der Waals surface area contributed by atoms with Crippen LogP contribution in [0.4, 0.5) is 11.4 Å². The lowest BCUT2D eigenvalue weighted by Gasteiger charge is -2.13. The minimum absolute atomic E-state index is 0.0675. The van der Waals surface area contributed by atoms with Crippen LogP contribution in [-0.4, -0.2) is 35.2 Å². The molecule has 0 unspecified atom stereocenters. The number of carbonyl (C=O) groups is 1. The predicted molar refractivity (Wildman–Crippen MR) is 127 cm³/mol. The van der Waals surface area contributed by atoms with Gasteiger partial charge in [0.2, 0.25) is 0 Å². The molecule has 0 saturated heterocycles. The Labute approximate surface area is 197 Å². The summed E-state index contributed by atoms with van der Waals surface area (Å²) in [4.78, 5) is 12.4. The number of aryl methyl sites for hydroxylation is 1. The summed E-state index contributed by atoms with van der Waals surface area (Å²) < 4.78 is 43.5. The molecular formula is C23H23ClN2O6S. The van der Waals surface area contributed by atoms with Gasteiger partial charge in [-0.3, -0.25) is 9.52 Å². The van der Waals surface area contributed by atoms with Crippen LogP contribution >= 0.6 is 11.6 Å². The summed E-state index contributed by atoms with van der Waals surface area (Å²) in [6, 6.07) is 15.8. The first-order valence-corrected chi connectivity index (χ1v) is 11.6. The molecule has 0 atom stereocenters. The molecule has 8 nitrogen and oxygen atoms in total. The molecule has 3 aromatic carbocycles. The molecule has 0 fully saturated rings.